The molecule has 0 heterocycles. The summed E-state index contributed by atoms with van der Waals surface area (Å²) in [7, 11) is -4.85. The first-order valence-corrected chi connectivity index (χ1v) is 22.8. The fraction of sp³-hybridized carbons (Fsp3) is 0.727. The lowest BCUT2D eigenvalue weighted by Gasteiger charge is -2.19. The van der Waals surface area contributed by atoms with Crippen LogP contribution in [-0.2, 0) is 28.2 Å². The molecule has 0 saturated heterocycles. The van der Waals surface area contributed by atoms with Crippen molar-refractivity contribution in [2.24, 2.45) is 5.92 Å². The number of carbonyl (C=O) groups is 2. The maximum Gasteiger partial charge on any atom is 0.469 e. The van der Waals surface area contributed by atoms with E-state index >= 15 is 0 Å². The van der Waals surface area contributed by atoms with E-state index in [1.807, 2.05) is 19.1 Å². The van der Waals surface area contributed by atoms with Gasteiger partial charge in [0.25, 0.3) is 0 Å². The molecule has 0 aromatic rings. The third-order valence-corrected chi connectivity index (χ3v) is 9.56. The zero-order chi connectivity index (χ0) is 41.7. The van der Waals surface area contributed by atoms with E-state index in [1.54, 1.807) is 42.5 Å². The molecule has 324 valence electrons. The number of hydrogen-bond acceptors (Lipinski definition) is 9. The molecule has 0 saturated carbocycles. The van der Waals surface area contributed by atoms with Gasteiger partial charge in [-0.3, -0.25) is 14.1 Å². The Morgan fingerprint density at radius 3 is 1.64 bits per heavy atom. The Morgan fingerprint density at radius 2 is 1.11 bits per heavy atom. The van der Waals surface area contributed by atoms with Crippen molar-refractivity contribution in [3.05, 3.63) is 60.8 Å². The van der Waals surface area contributed by atoms with E-state index in [1.165, 1.54) is 83.1 Å². The average molecular weight is 813 g/mol. The van der Waals surface area contributed by atoms with Gasteiger partial charge in [-0.25, -0.2) is 4.57 Å². The fourth-order valence-electron chi connectivity index (χ4n) is 5.78. The lowest BCUT2D eigenvalue weighted by molar-refractivity contribution is -0.161. The average Bonchev–Trinajstić information content (AvgIpc) is 3.14. The van der Waals surface area contributed by atoms with Gasteiger partial charge in [0.1, 0.15) is 6.61 Å². The number of carbonyl (C=O) groups excluding carboxylic acids is 2. The summed E-state index contributed by atoms with van der Waals surface area (Å²) in [6.07, 6.45) is 34.6. The van der Waals surface area contributed by atoms with Crippen molar-refractivity contribution >= 4 is 19.8 Å². The number of hydrogen-bond donors (Lipinski definition) is 5. The van der Waals surface area contributed by atoms with E-state index in [2.05, 4.69) is 18.4 Å². The molecule has 0 aromatic carbocycles. The summed E-state index contributed by atoms with van der Waals surface area (Å²) in [5.41, 5.74) is 0. The minimum Gasteiger partial charge on any atom is -0.462 e. The number of aliphatic hydroxyl groups is 3. The minimum absolute atomic E-state index is 0.0857. The van der Waals surface area contributed by atoms with E-state index in [0.29, 0.717) is 12.8 Å². The normalized spacial score (nSPS) is 14.9. The highest BCUT2D eigenvalue weighted by atomic mass is 31.2. The van der Waals surface area contributed by atoms with Crippen LogP contribution < -0.4 is 0 Å². The molecule has 0 amide bonds. The van der Waals surface area contributed by atoms with Gasteiger partial charge in [-0.2, -0.15) is 0 Å². The van der Waals surface area contributed by atoms with Gasteiger partial charge in [-0.05, 0) is 38.0 Å². The molecular formula is C44H77O11P. The molecule has 0 unspecified atom stereocenters. The lowest BCUT2D eigenvalue weighted by Crippen LogP contribution is -2.29. The van der Waals surface area contributed by atoms with Crippen molar-refractivity contribution in [2.45, 2.75) is 186 Å². The fourth-order valence-corrected chi connectivity index (χ4v) is 6.14. The number of esters is 2. The zero-order valence-corrected chi connectivity index (χ0v) is 35.7. The first-order valence-electron chi connectivity index (χ1n) is 21.3. The molecule has 4 atom stereocenters. The molecular weight excluding hydrogens is 735 g/mol. The molecule has 56 heavy (non-hydrogen) atoms. The number of rotatable bonds is 37. The smallest absolute Gasteiger partial charge is 0.462 e. The van der Waals surface area contributed by atoms with Crippen molar-refractivity contribution in [3.8, 4) is 0 Å². The third kappa shape index (κ3) is 38.5. The Morgan fingerprint density at radius 1 is 0.607 bits per heavy atom. The summed E-state index contributed by atoms with van der Waals surface area (Å²) < 4.78 is 26.2. The van der Waals surface area contributed by atoms with E-state index < -0.39 is 57.4 Å². The first kappa shape index (κ1) is 53.6. The monoisotopic (exact) mass is 813 g/mol. The lowest BCUT2D eigenvalue weighted by atomic mass is 10.0. The van der Waals surface area contributed by atoms with Crippen molar-refractivity contribution in [1.82, 2.24) is 0 Å². The molecule has 0 aliphatic rings. The van der Waals surface area contributed by atoms with E-state index in [0.717, 1.165) is 31.6 Å². The molecule has 0 aliphatic heterocycles. The number of ether oxygens (including phenoxy) is 2. The summed E-state index contributed by atoms with van der Waals surface area (Å²) in [5.74, 6) is -0.396. The van der Waals surface area contributed by atoms with E-state index in [9.17, 15) is 29.5 Å². The van der Waals surface area contributed by atoms with Crippen LogP contribution in [0.3, 0.4) is 0 Å². The molecule has 11 nitrogen and oxygen atoms in total. The number of phosphoric ester groups is 1. The molecule has 0 bridgehead atoms. The number of allylic oxidation sites excluding steroid dienone is 7. The molecule has 0 rings (SSSR count). The topological polar surface area (TPSA) is 180 Å². The summed E-state index contributed by atoms with van der Waals surface area (Å²) in [6, 6.07) is 0. The Hall–Kier alpha value is -2.37. The second-order valence-corrected chi connectivity index (χ2v) is 16.2. The molecule has 0 aromatic heterocycles. The van der Waals surface area contributed by atoms with E-state index in [-0.39, 0.29) is 25.7 Å². The largest absolute Gasteiger partial charge is 0.469 e. The molecule has 12 heteroatoms. The van der Waals surface area contributed by atoms with Crippen LogP contribution >= 0.6 is 7.82 Å². The van der Waals surface area contributed by atoms with Gasteiger partial charge in [-0.1, -0.05) is 178 Å². The van der Waals surface area contributed by atoms with Crippen molar-refractivity contribution in [3.63, 3.8) is 0 Å². The Labute approximate surface area is 338 Å². The van der Waals surface area contributed by atoms with Crippen LogP contribution in [0.15, 0.2) is 60.8 Å². The number of unbranched alkanes of at least 4 members (excludes halogenated alkanes) is 14. The summed E-state index contributed by atoms with van der Waals surface area (Å²) in [4.78, 5) is 42.9. The quantitative estimate of drug-likeness (QED) is 0.0133. The number of phosphoric acid groups is 1. The van der Waals surface area contributed by atoms with Gasteiger partial charge >= 0.3 is 19.8 Å². The van der Waals surface area contributed by atoms with Crippen LogP contribution in [0.2, 0.25) is 0 Å². The third-order valence-electron chi connectivity index (χ3n) is 9.07. The van der Waals surface area contributed by atoms with Crippen molar-refractivity contribution in [2.75, 3.05) is 13.2 Å². The summed E-state index contributed by atoms with van der Waals surface area (Å²) in [5, 5.41) is 30.3. The van der Waals surface area contributed by atoms with Gasteiger partial charge < -0.3 is 34.6 Å². The zero-order valence-electron chi connectivity index (χ0n) is 34.8. The van der Waals surface area contributed by atoms with Crippen LogP contribution in [0.4, 0.5) is 0 Å². The van der Waals surface area contributed by atoms with Gasteiger partial charge in [-0.15, -0.1) is 0 Å². The van der Waals surface area contributed by atoms with Crippen LogP contribution in [0.1, 0.15) is 162 Å². The van der Waals surface area contributed by atoms with Crippen LogP contribution in [0.5, 0.6) is 0 Å². The maximum absolute atomic E-state index is 12.4. The Kier molecular flexibility index (Phi) is 35.4. The van der Waals surface area contributed by atoms with Gasteiger partial charge in [0.05, 0.1) is 24.9 Å². The molecule has 0 radical (unpaired) electrons. The molecule has 0 aliphatic carbocycles. The summed E-state index contributed by atoms with van der Waals surface area (Å²) in [6.45, 7) is 5.55. The van der Waals surface area contributed by atoms with Gasteiger partial charge in [0, 0.05) is 12.8 Å². The first-order chi connectivity index (χ1) is 26.8. The second-order valence-electron chi connectivity index (χ2n) is 15.0. The predicted molar refractivity (Wildman–Crippen MR) is 225 cm³/mol. The second kappa shape index (κ2) is 36.9. The van der Waals surface area contributed by atoms with Crippen molar-refractivity contribution in [1.29, 1.82) is 0 Å². The highest BCUT2D eigenvalue weighted by Crippen LogP contribution is 2.36. The van der Waals surface area contributed by atoms with Crippen LogP contribution in [0.25, 0.3) is 0 Å². The van der Waals surface area contributed by atoms with Gasteiger partial charge in [0.15, 0.2) is 6.10 Å². The van der Waals surface area contributed by atoms with Crippen LogP contribution in [-0.4, -0.2) is 74.7 Å². The Bertz CT molecular complexity index is 1160. The van der Waals surface area contributed by atoms with Gasteiger partial charge in [0.2, 0.25) is 0 Å². The SMILES string of the molecule is CC/C=C\C[C@H](O)/C=C/C=C/C=C\C=C/[C@@H](O)[C@H](O)CCCC(=O)O[C@H](COC(=O)CCCCCCCCCCCCCCCCCC(C)C)COP(=O)(O)O. The molecule has 0 spiro atoms. The minimum atomic E-state index is -4.85. The Balaban J connectivity index is 4.23. The maximum atomic E-state index is 12.4. The van der Waals surface area contributed by atoms with Crippen molar-refractivity contribution < 1.29 is 53.3 Å². The predicted octanol–water partition coefficient (Wildman–Crippen LogP) is 9.67. The summed E-state index contributed by atoms with van der Waals surface area (Å²) >= 11 is 0. The van der Waals surface area contributed by atoms with Crippen LogP contribution in [0, 0.1) is 5.92 Å². The highest BCUT2D eigenvalue weighted by molar-refractivity contribution is 7.46. The molecule has 5 N–H and O–H groups in total. The van der Waals surface area contributed by atoms with E-state index in [4.69, 9.17) is 19.3 Å². The number of aliphatic hydroxyl groups excluding tert-OH is 3. The highest BCUT2D eigenvalue weighted by Gasteiger charge is 2.23. The standard InChI is InChI=1S/C44H77O11P/c1-4-5-23-30-39(45)31-25-20-17-18-21-26-32-41(46)42(47)33-28-35-44(49)55-40(37-54-56(50,51)52)36-53-43(48)34-27-22-16-14-12-10-8-6-7-9-11-13-15-19-24-29-38(2)3/h5,17-18,20-21,23,25-26,31-32,38-42,45-47H,4,6-16,19,22,24,27-30,33-37H2,1-3H3,(H2,50,51,52)/b20-17+,21-18-,23-5-,31-25+,32-26-/t39-,40+,41+,42+/m0/s1. The molecule has 0 fully saturated rings.